The number of nitrogens with two attached hydrogens (primary N) is 2. The predicted molar refractivity (Wildman–Crippen MR) is 116 cm³/mol. The van der Waals surface area contributed by atoms with E-state index in [1.165, 1.54) is 17.6 Å². The molecule has 12 heteroatoms. The molecule has 1 aromatic heterocycles. The van der Waals surface area contributed by atoms with Crippen molar-refractivity contribution in [3.05, 3.63) is 41.5 Å². The van der Waals surface area contributed by atoms with Crippen molar-refractivity contribution in [3.8, 4) is 0 Å². The Morgan fingerprint density at radius 3 is 2.64 bits per heavy atom. The third kappa shape index (κ3) is 7.11. The van der Waals surface area contributed by atoms with Crippen LogP contribution in [0, 0.1) is 5.92 Å². The zero-order valence-corrected chi connectivity index (χ0v) is 18.0. The summed E-state index contributed by atoms with van der Waals surface area (Å²) in [6, 6.07) is 5.18. The molecule has 0 aliphatic heterocycles. The molecule has 1 aliphatic rings. The fourth-order valence-electron chi connectivity index (χ4n) is 3.46. The van der Waals surface area contributed by atoms with Gasteiger partial charge in [-0.15, -0.1) is 0 Å². The van der Waals surface area contributed by atoms with Crippen LogP contribution in [0.3, 0.4) is 0 Å². The van der Waals surface area contributed by atoms with Crippen LogP contribution in [0.15, 0.2) is 30.1 Å². The van der Waals surface area contributed by atoms with Crippen molar-refractivity contribution in [2.24, 2.45) is 17.5 Å². The average molecular weight is 467 g/mol. The lowest BCUT2D eigenvalue weighted by Gasteiger charge is -2.31. The molecule has 1 aromatic carbocycles. The first-order valence-electron chi connectivity index (χ1n) is 10.7. The molecular formula is C21H28F3N7O2. The number of nitrogens with zero attached hydrogens (tertiary/aromatic N) is 2. The molecule has 0 atom stereocenters. The highest BCUT2D eigenvalue weighted by molar-refractivity contribution is 5.92. The third-order valence-corrected chi connectivity index (χ3v) is 5.52. The largest absolute Gasteiger partial charge is 0.403 e. The first-order chi connectivity index (χ1) is 15.6. The Balaban J connectivity index is 1.52. The molecule has 180 valence electrons. The number of hydrazine groups is 1. The maximum absolute atomic E-state index is 12.5. The summed E-state index contributed by atoms with van der Waals surface area (Å²) in [5, 5.41) is 6.57. The van der Waals surface area contributed by atoms with Crippen LogP contribution < -0.4 is 22.2 Å². The van der Waals surface area contributed by atoms with Crippen LogP contribution in [0.1, 0.15) is 43.5 Å². The van der Waals surface area contributed by atoms with Gasteiger partial charge in [0.25, 0.3) is 5.91 Å². The summed E-state index contributed by atoms with van der Waals surface area (Å²) in [7, 11) is 0. The number of aromatic amines is 1. The zero-order valence-electron chi connectivity index (χ0n) is 18.0. The van der Waals surface area contributed by atoms with Crippen molar-refractivity contribution in [2.45, 2.75) is 51.4 Å². The van der Waals surface area contributed by atoms with Crippen LogP contribution in [-0.4, -0.2) is 39.5 Å². The van der Waals surface area contributed by atoms with E-state index in [1.54, 1.807) is 18.2 Å². The van der Waals surface area contributed by atoms with E-state index in [1.807, 2.05) is 0 Å². The fourth-order valence-corrected chi connectivity index (χ4v) is 3.46. The summed E-state index contributed by atoms with van der Waals surface area (Å²) in [4.78, 5) is 31.5. The quantitative estimate of drug-likeness (QED) is 0.205. The molecule has 1 aliphatic carbocycles. The van der Waals surface area contributed by atoms with Gasteiger partial charge in [-0.1, -0.05) is 12.5 Å². The number of hydrogen-bond donors (Lipinski definition) is 5. The second-order valence-electron chi connectivity index (χ2n) is 8.11. The van der Waals surface area contributed by atoms with Crippen LogP contribution in [-0.2, 0) is 22.7 Å². The fraction of sp³-hybridized carbons (Fsp3) is 0.476. The van der Waals surface area contributed by atoms with Crippen LogP contribution in [0.2, 0.25) is 0 Å². The molecule has 0 spiro atoms. The molecule has 0 saturated heterocycles. The van der Waals surface area contributed by atoms with Gasteiger partial charge in [0, 0.05) is 25.7 Å². The first-order valence-corrected chi connectivity index (χ1v) is 10.7. The number of H-pyrrole nitrogens is 1. The molecule has 7 N–H and O–H groups in total. The minimum absolute atomic E-state index is 0.0930. The van der Waals surface area contributed by atoms with Gasteiger partial charge in [-0.3, -0.25) is 9.59 Å². The van der Waals surface area contributed by atoms with E-state index in [0.717, 1.165) is 12.8 Å². The molecule has 1 saturated carbocycles. The Morgan fingerprint density at radius 2 is 2.00 bits per heavy atom. The topological polar surface area (TPSA) is 142 Å². The Labute approximate surface area is 188 Å². The number of amides is 2. The smallest absolute Gasteiger partial charge is 0.389 e. The second kappa shape index (κ2) is 10.6. The summed E-state index contributed by atoms with van der Waals surface area (Å²) in [5.41, 5.74) is 7.79. The van der Waals surface area contributed by atoms with Gasteiger partial charge in [-0.2, -0.15) is 13.2 Å². The molecule has 1 fully saturated rings. The van der Waals surface area contributed by atoms with Crippen molar-refractivity contribution in [1.82, 2.24) is 25.6 Å². The minimum Gasteiger partial charge on any atom is -0.403 e. The highest BCUT2D eigenvalue weighted by Gasteiger charge is 2.27. The van der Waals surface area contributed by atoms with E-state index >= 15 is 0 Å². The molecule has 0 bridgehead atoms. The summed E-state index contributed by atoms with van der Waals surface area (Å²) in [6.07, 6.45) is -1.60. The summed E-state index contributed by atoms with van der Waals surface area (Å²) in [6.45, 7) is 0.776. The van der Waals surface area contributed by atoms with Gasteiger partial charge in [-0.25, -0.2) is 10.8 Å². The van der Waals surface area contributed by atoms with Gasteiger partial charge in [0.2, 0.25) is 5.91 Å². The maximum atomic E-state index is 12.5. The van der Waals surface area contributed by atoms with Crippen molar-refractivity contribution >= 4 is 22.8 Å². The summed E-state index contributed by atoms with van der Waals surface area (Å²) < 4.78 is 36.6. The minimum atomic E-state index is -4.36. The molecule has 33 heavy (non-hydrogen) atoms. The monoisotopic (exact) mass is 467 g/mol. The predicted octanol–water partition coefficient (Wildman–Crippen LogP) is 1.91. The summed E-state index contributed by atoms with van der Waals surface area (Å²) >= 11 is 0. The lowest BCUT2D eigenvalue weighted by Crippen LogP contribution is -2.43. The Hall–Kier alpha value is -3.28. The molecular weight excluding hydrogens is 439 g/mol. The van der Waals surface area contributed by atoms with Crippen LogP contribution in [0.25, 0.3) is 11.0 Å². The molecule has 2 amide bonds. The molecule has 9 nitrogen and oxygen atoms in total. The van der Waals surface area contributed by atoms with Crippen molar-refractivity contribution in [3.63, 3.8) is 0 Å². The van der Waals surface area contributed by atoms with Gasteiger partial charge < -0.3 is 26.4 Å². The second-order valence-corrected chi connectivity index (χ2v) is 8.11. The Morgan fingerprint density at radius 1 is 1.24 bits per heavy atom. The number of nitrogens with one attached hydrogen (secondary N) is 3. The van der Waals surface area contributed by atoms with Crippen LogP contribution >= 0.6 is 0 Å². The number of aromatic nitrogens is 2. The number of halogens is 3. The maximum Gasteiger partial charge on any atom is 0.389 e. The van der Waals surface area contributed by atoms with E-state index < -0.39 is 30.8 Å². The first kappa shape index (κ1) is 24.4. The van der Waals surface area contributed by atoms with E-state index in [9.17, 15) is 22.8 Å². The van der Waals surface area contributed by atoms with E-state index in [0.29, 0.717) is 34.9 Å². The number of fused-ring (bicyclic) bond motifs is 1. The lowest BCUT2D eigenvalue weighted by molar-refractivity contribution is -0.144. The van der Waals surface area contributed by atoms with Crippen LogP contribution in [0.4, 0.5) is 13.2 Å². The van der Waals surface area contributed by atoms with Gasteiger partial charge in [0.15, 0.2) is 0 Å². The SMILES string of the molecule is N/C=C(/C(=O)NCc1nc2ccc(CNC(=O)CCC(F)(F)F)cc2[nH]1)N(N)CC1CCC1. The molecule has 0 unspecified atom stereocenters. The van der Waals surface area contributed by atoms with Crippen molar-refractivity contribution < 1.29 is 22.8 Å². The number of hydrogen-bond acceptors (Lipinski definition) is 6. The normalized spacial score (nSPS) is 14.7. The number of carbonyl (C=O) groups excluding carboxylic acids is 2. The Bertz CT molecular complexity index is 1010. The highest BCUT2D eigenvalue weighted by atomic mass is 19.4. The van der Waals surface area contributed by atoms with Gasteiger partial charge in [0.1, 0.15) is 11.5 Å². The van der Waals surface area contributed by atoms with E-state index in [4.69, 9.17) is 11.6 Å². The number of alkyl halides is 3. The number of imidazole rings is 1. The third-order valence-electron chi connectivity index (χ3n) is 5.52. The Kier molecular flexibility index (Phi) is 7.79. The van der Waals surface area contributed by atoms with E-state index in [2.05, 4.69) is 20.6 Å². The van der Waals surface area contributed by atoms with E-state index in [-0.39, 0.29) is 18.8 Å². The molecule has 3 rings (SSSR count). The van der Waals surface area contributed by atoms with Crippen LogP contribution in [0.5, 0.6) is 0 Å². The van der Waals surface area contributed by atoms with Gasteiger partial charge >= 0.3 is 6.18 Å². The standard InChI is InChI=1S/C21H28F3N7O2/c22-21(23,24)7-6-19(32)27-10-14-4-5-15-16(8-14)30-18(29-15)11-28-20(33)17(9-25)31(26)12-13-2-1-3-13/h4-5,8-9,13H,1-3,6-7,10-12,25-26H2,(H,27,32)(H,28,33)(H,29,30)/b17-9-. The van der Waals surface area contributed by atoms with Crippen molar-refractivity contribution in [1.29, 1.82) is 0 Å². The number of rotatable bonds is 10. The van der Waals surface area contributed by atoms with Crippen molar-refractivity contribution in [2.75, 3.05) is 6.54 Å². The van der Waals surface area contributed by atoms with Gasteiger partial charge in [0.05, 0.1) is 24.0 Å². The average Bonchev–Trinajstić information content (AvgIpc) is 3.14. The number of carbonyl (C=O) groups is 2. The van der Waals surface area contributed by atoms with Gasteiger partial charge in [-0.05, 0) is 36.5 Å². The molecule has 2 aromatic rings. The lowest BCUT2D eigenvalue weighted by atomic mass is 9.85. The highest BCUT2D eigenvalue weighted by Crippen LogP contribution is 2.27. The molecule has 0 radical (unpaired) electrons. The zero-order chi connectivity index (χ0) is 24.0. The number of benzene rings is 1. The summed E-state index contributed by atoms with van der Waals surface area (Å²) in [5.74, 6) is 5.88. The molecule has 1 heterocycles.